The van der Waals surface area contributed by atoms with Crippen LogP contribution in [0.5, 0.6) is 0 Å². The van der Waals surface area contributed by atoms with Crippen LogP contribution in [-0.4, -0.2) is 68.3 Å². The van der Waals surface area contributed by atoms with Crippen molar-refractivity contribution in [2.45, 2.75) is 12.5 Å². The van der Waals surface area contributed by atoms with E-state index < -0.39 is 0 Å². The fraction of sp³-hybridized carbons (Fsp3) is 1.00. The van der Waals surface area contributed by atoms with Crippen molar-refractivity contribution >= 4 is 0 Å². The van der Waals surface area contributed by atoms with Gasteiger partial charge in [0.25, 0.3) is 0 Å². The highest BCUT2D eigenvalue weighted by atomic mass is 16.5. The zero-order chi connectivity index (χ0) is 9.80. The first-order valence-corrected chi connectivity index (χ1v) is 5.64. The van der Waals surface area contributed by atoms with Crippen LogP contribution >= 0.6 is 0 Å². The summed E-state index contributed by atoms with van der Waals surface area (Å²) >= 11 is 0. The van der Waals surface area contributed by atoms with Crippen molar-refractivity contribution in [1.82, 2.24) is 9.80 Å². The molecule has 0 spiro atoms. The molecule has 2 saturated heterocycles. The molecule has 2 aliphatic rings. The summed E-state index contributed by atoms with van der Waals surface area (Å²) in [7, 11) is 0. The van der Waals surface area contributed by atoms with Crippen molar-refractivity contribution in [3.05, 3.63) is 0 Å². The van der Waals surface area contributed by atoms with E-state index in [-0.39, 0.29) is 0 Å². The SMILES string of the molecule is NCC1CCN1CCN1CCOCC1. The summed E-state index contributed by atoms with van der Waals surface area (Å²) in [4.78, 5) is 4.98. The average Bonchev–Trinajstić information content (AvgIpc) is 2.19. The third-order valence-electron chi connectivity index (χ3n) is 3.35. The van der Waals surface area contributed by atoms with Crippen LogP contribution in [0.1, 0.15) is 6.42 Å². The van der Waals surface area contributed by atoms with Gasteiger partial charge in [-0.3, -0.25) is 9.80 Å². The normalized spacial score (nSPS) is 30.2. The number of morpholine rings is 1. The molecule has 0 aromatic rings. The Morgan fingerprint density at radius 2 is 1.93 bits per heavy atom. The van der Waals surface area contributed by atoms with Gasteiger partial charge in [0.05, 0.1) is 13.2 Å². The van der Waals surface area contributed by atoms with E-state index in [9.17, 15) is 0 Å². The number of rotatable bonds is 4. The molecule has 82 valence electrons. The van der Waals surface area contributed by atoms with E-state index in [1.165, 1.54) is 26.1 Å². The van der Waals surface area contributed by atoms with E-state index >= 15 is 0 Å². The van der Waals surface area contributed by atoms with Crippen molar-refractivity contribution in [1.29, 1.82) is 0 Å². The molecule has 4 heteroatoms. The topological polar surface area (TPSA) is 41.7 Å². The monoisotopic (exact) mass is 199 g/mol. The smallest absolute Gasteiger partial charge is 0.0594 e. The summed E-state index contributed by atoms with van der Waals surface area (Å²) in [6, 6.07) is 0.663. The lowest BCUT2D eigenvalue weighted by Gasteiger charge is -2.41. The van der Waals surface area contributed by atoms with Crippen LogP contribution in [0.2, 0.25) is 0 Å². The summed E-state index contributed by atoms with van der Waals surface area (Å²) in [6.07, 6.45) is 1.29. The summed E-state index contributed by atoms with van der Waals surface area (Å²) in [5, 5.41) is 0. The first-order chi connectivity index (χ1) is 6.90. The maximum absolute atomic E-state index is 5.66. The first kappa shape index (κ1) is 10.4. The first-order valence-electron chi connectivity index (χ1n) is 5.64. The van der Waals surface area contributed by atoms with E-state index in [0.717, 1.165) is 32.8 Å². The lowest BCUT2D eigenvalue weighted by Crippen LogP contribution is -2.54. The Balaban J connectivity index is 1.61. The van der Waals surface area contributed by atoms with Gasteiger partial charge < -0.3 is 10.5 Å². The summed E-state index contributed by atoms with van der Waals surface area (Å²) in [5.41, 5.74) is 5.66. The molecule has 2 fully saturated rings. The molecule has 2 N–H and O–H groups in total. The second-order valence-corrected chi connectivity index (χ2v) is 4.17. The van der Waals surface area contributed by atoms with Gasteiger partial charge in [0.15, 0.2) is 0 Å². The van der Waals surface area contributed by atoms with Gasteiger partial charge in [-0.05, 0) is 6.42 Å². The largest absolute Gasteiger partial charge is 0.379 e. The van der Waals surface area contributed by atoms with Crippen molar-refractivity contribution in [2.24, 2.45) is 5.73 Å². The number of hydrogen-bond acceptors (Lipinski definition) is 4. The van der Waals surface area contributed by atoms with E-state index in [1.54, 1.807) is 0 Å². The highest BCUT2D eigenvalue weighted by Crippen LogP contribution is 2.15. The van der Waals surface area contributed by atoms with Crippen LogP contribution in [0.15, 0.2) is 0 Å². The van der Waals surface area contributed by atoms with Gasteiger partial charge in [-0.2, -0.15) is 0 Å². The molecule has 0 bridgehead atoms. The fourth-order valence-corrected chi connectivity index (χ4v) is 2.15. The third-order valence-corrected chi connectivity index (χ3v) is 3.35. The lowest BCUT2D eigenvalue weighted by molar-refractivity contribution is 0.0211. The summed E-state index contributed by atoms with van der Waals surface area (Å²) < 4.78 is 5.31. The van der Waals surface area contributed by atoms with Gasteiger partial charge in [-0.15, -0.1) is 0 Å². The lowest BCUT2D eigenvalue weighted by atomic mass is 10.0. The number of hydrogen-bond donors (Lipinski definition) is 1. The maximum atomic E-state index is 5.66. The molecule has 4 nitrogen and oxygen atoms in total. The molecule has 0 saturated carbocycles. The fourth-order valence-electron chi connectivity index (χ4n) is 2.15. The predicted octanol–water partition coefficient (Wildman–Crippen LogP) is -0.648. The Kier molecular flexibility index (Phi) is 3.75. The Bertz CT molecular complexity index is 167. The van der Waals surface area contributed by atoms with E-state index in [2.05, 4.69) is 9.80 Å². The average molecular weight is 199 g/mol. The van der Waals surface area contributed by atoms with Crippen LogP contribution in [0.25, 0.3) is 0 Å². The second-order valence-electron chi connectivity index (χ2n) is 4.17. The molecule has 1 unspecified atom stereocenters. The van der Waals surface area contributed by atoms with E-state index in [0.29, 0.717) is 6.04 Å². The minimum Gasteiger partial charge on any atom is -0.379 e. The minimum absolute atomic E-state index is 0.663. The molecular weight excluding hydrogens is 178 g/mol. The van der Waals surface area contributed by atoms with Gasteiger partial charge >= 0.3 is 0 Å². The van der Waals surface area contributed by atoms with Gasteiger partial charge in [0, 0.05) is 45.3 Å². The minimum atomic E-state index is 0.663. The van der Waals surface area contributed by atoms with Crippen LogP contribution < -0.4 is 5.73 Å². The molecule has 2 rings (SSSR count). The molecule has 0 aromatic carbocycles. The van der Waals surface area contributed by atoms with Crippen molar-refractivity contribution in [3.8, 4) is 0 Å². The highest BCUT2D eigenvalue weighted by Gasteiger charge is 2.26. The number of ether oxygens (including phenoxy) is 1. The predicted molar refractivity (Wildman–Crippen MR) is 56.3 cm³/mol. The Morgan fingerprint density at radius 3 is 2.50 bits per heavy atom. The molecular formula is C10H21N3O. The third kappa shape index (κ3) is 2.45. The van der Waals surface area contributed by atoms with Crippen LogP contribution in [0.3, 0.4) is 0 Å². The number of nitrogens with zero attached hydrogens (tertiary/aromatic N) is 2. The summed E-state index contributed by atoms with van der Waals surface area (Å²) in [6.45, 7) is 8.43. The molecule has 1 atom stereocenters. The van der Waals surface area contributed by atoms with Gasteiger partial charge in [-0.1, -0.05) is 0 Å². The van der Waals surface area contributed by atoms with E-state index in [1.807, 2.05) is 0 Å². The van der Waals surface area contributed by atoms with E-state index in [4.69, 9.17) is 10.5 Å². The van der Waals surface area contributed by atoms with Crippen LogP contribution in [-0.2, 0) is 4.74 Å². The Hall–Kier alpha value is -0.160. The van der Waals surface area contributed by atoms with Crippen molar-refractivity contribution in [2.75, 3.05) is 52.5 Å². The van der Waals surface area contributed by atoms with Gasteiger partial charge in [0.2, 0.25) is 0 Å². The molecule has 0 aliphatic carbocycles. The second kappa shape index (κ2) is 5.07. The van der Waals surface area contributed by atoms with Gasteiger partial charge in [-0.25, -0.2) is 0 Å². The van der Waals surface area contributed by atoms with Crippen LogP contribution in [0, 0.1) is 0 Å². The quantitative estimate of drug-likeness (QED) is 0.653. The zero-order valence-electron chi connectivity index (χ0n) is 8.82. The van der Waals surface area contributed by atoms with Crippen LogP contribution in [0.4, 0.5) is 0 Å². The maximum Gasteiger partial charge on any atom is 0.0594 e. The molecule has 0 aromatic heterocycles. The molecule has 0 amide bonds. The Labute approximate surface area is 86.0 Å². The standard InChI is InChI=1S/C10H21N3O/c11-9-10-1-2-13(10)4-3-12-5-7-14-8-6-12/h10H,1-9,11H2. The molecule has 2 heterocycles. The van der Waals surface area contributed by atoms with Crippen molar-refractivity contribution in [3.63, 3.8) is 0 Å². The molecule has 2 aliphatic heterocycles. The molecule has 14 heavy (non-hydrogen) atoms. The highest BCUT2D eigenvalue weighted by molar-refractivity contribution is 4.83. The number of nitrogens with two attached hydrogens (primary N) is 1. The van der Waals surface area contributed by atoms with Crippen molar-refractivity contribution < 1.29 is 4.74 Å². The van der Waals surface area contributed by atoms with Gasteiger partial charge in [0.1, 0.15) is 0 Å². The summed E-state index contributed by atoms with van der Waals surface area (Å²) in [5.74, 6) is 0. The number of likely N-dealkylation sites (tertiary alicyclic amines) is 1. The zero-order valence-corrected chi connectivity index (χ0v) is 8.82. The molecule has 0 radical (unpaired) electrons. The Morgan fingerprint density at radius 1 is 1.14 bits per heavy atom.